The molecule has 0 radical (unpaired) electrons. The minimum Gasteiger partial charge on any atom is -0.351 e. The van der Waals surface area contributed by atoms with E-state index in [1.54, 1.807) is 0 Å². The molecule has 20 heavy (non-hydrogen) atoms. The minimum atomic E-state index is -0.468. The fraction of sp³-hybridized carbons (Fsp3) is 0.588. The first-order valence-electron chi connectivity index (χ1n) is 7.39. The summed E-state index contributed by atoms with van der Waals surface area (Å²) in [5.41, 5.74) is 6.35. The van der Waals surface area contributed by atoms with Crippen LogP contribution in [0.3, 0.4) is 0 Å². The van der Waals surface area contributed by atoms with E-state index < -0.39 is 5.41 Å². The number of hydrogen-bond acceptors (Lipinski definition) is 2. The third-order valence-corrected chi connectivity index (χ3v) is 4.11. The summed E-state index contributed by atoms with van der Waals surface area (Å²) in [6.07, 6.45) is 2.62. The number of benzene rings is 1. The van der Waals surface area contributed by atoms with Crippen molar-refractivity contribution in [3.05, 3.63) is 35.9 Å². The summed E-state index contributed by atoms with van der Waals surface area (Å²) >= 11 is 0. The molecule has 3 nitrogen and oxygen atoms in total. The molecule has 3 N–H and O–H groups in total. The average molecular weight is 276 g/mol. The van der Waals surface area contributed by atoms with Crippen LogP contribution < -0.4 is 11.1 Å². The predicted molar refractivity (Wildman–Crippen MR) is 84.4 cm³/mol. The SMILES string of the molecule is CCC(C)(CN)C(=O)NC(C)(C)CCc1ccccc1. The van der Waals surface area contributed by atoms with Gasteiger partial charge < -0.3 is 11.1 Å². The molecule has 1 rings (SSSR count). The molecule has 0 heterocycles. The van der Waals surface area contributed by atoms with E-state index in [1.807, 2.05) is 32.0 Å². The third-order valence-electron chi connectivity index (χ3n) is 4.11. The van der Waals surface area contributed by atoms with Crippen molar-refractivity contribution in [2.45, 2.75) is 52.5 Å². The van der Waals surface area contributed by atoms with Gasteiger partial charge >= 0.3 is 0 Å². The first-order valence-corrected chi connectivity index (χ1v) is 7.39. The zero-order valence-electron chi connectivity index (χ0n) is 13.2. The monoisotopic (exact) mass is 276 g/mol. The van der Waals surface area contributed by atoms with Crippen LogP contribution in [0.25, 0.3) is 0 Å². The van der Waals surface area contributed by atoms with Crippen LogP contribution in [0.1, 0.15) is 46.1 Å². The Morgan fingerprint density at radius 3 is 2.30 bits per heavy atom. The molecule has 0 spiro atoms. The van der Waals surface area contributed by atoms with Crippen LogP contribution in [0.4, 0.5) is 0 Å². The molecule has 1 amide bonds. The van der Waals surface area contributed by atoms with E-state index in [0.717, 1.165) is 19.3 Å². The van der Waals surface area contributed by atoms with Crippen molar-refractivity contribution in [2.75, 3.05) is 6.54 Å². The molecule has 3 heteroatoms. The van der Waals surface area contributed by atoms with E-state index >= 15 is 0 Å². The number of rotatable bonds is 7. The summed E-state index contributed by atoms with van der Waals surface area (Å²) in [7, 11) is 0. The first kappa shape index (κ1) is 16.7. The van der Waals surface area contributed by atoms with Gasteiger partial charge in [0.2, 0.25) is 5.91 Å². The summed E-state index contributed by atoms with van der Waals surface area (Å²) in [4.78, 5) is 12.4. The lowest BCUT2D eigenvalue weighted by Crippen LogP contribution is -2.52. The molecule has 1 atom stereocenters. The van der Waals surface area contributed by atoms with Crippen LogP contribution in [0, 0.1) is 5.41 Å². The highest BCUT2D eigenvalue weighted by atomic mass is 16.2. The highest BCUT2D eigenvalue weighted by Crippen LogP contribution is 2.22. The van der Waals surface area contributed by atoms with Crippen molar-refractivity contribution < 1.29 is 4.79 Å². The molecule has 1 aromatic carbocycles. The zero-order valence-corrected chi connectivity index (χ0v) is 13.2. The lowest BCUT2D eigenvalue weighted by Gasteiger charge is -2.33. The van der Waals surface area contributed by atoms with Gasteiger partial charge in [-0.15, -0.1) is 0 Å². The predicted octanol–water partition coefficient (Wildman–Crippen LogP) is 2.89. The van der Waals surface area contributed by atoms with Crippen LogP contribution in [0.15, 0.2) is 30.3 Å². The highest BCUT2D eigenvalue weighted by molar-refractivity contribution is 5.83. The summed E-state index contributed by atoms with van der Waals surface area (Å²) in [6.45, 7) is 8.45. The zero-order chi connectivity index (χ0) is 15.2. The van der Waals surface area contributed by atoms with Gasteiger partial charge in [-0.05, 0) is 45.6 Å². The summed E-state index contributed by atoms with van der Waals surface area (Å²) in [5, 5.41) is 3.15. The maximum Gasteiger partial charge on any atom is 0.227 e. The lowest BCUT2D eigenvalue weighted by molar-refractivity contribution is -0.131. The molecular weight excluding hydrogens is 248 g/mol. The second-order valence-corrected chi connectivity index (χ2v) is 6.44. The second kappa shape index (κ2) is 6.89. The molecule has 0 aliphatic carbocycles. The molecule has 0 aliphatic heterocycles. The molecule has 0 aromatic heterocycles. The van der Waals surface area contributed by atoms with Crippen LogP contribution in [0.2, 0.25) is 0 Å². The largest absolute Gasteiger partial charge is 0.351 e. The van der Waals surface area contributed by atoms with E-state index in [0.29, 0.717) is 6.54 Å². The fourth-order valence-corrected chi connectivity index (χ4v) is 2.02. The maximum atomic E-state index is 12.4. The third kappa shape index (κ3) is 4.64. The number of hydrogen-bond donors (Lipinski definition) is 2. The Balaban J connectivity index is 2.59. The van der Waals surface area contributed by atoms with Gasteiger partial charge in [0.15, 0.2) is 0 Å². The van der Waals surface area contributed by atoms with Crippen LogP contribution in [0.5, 0.6) is 0 Å². The van der Waals surface area contributed by atoms with Crippen LogP contribution in [-0.4, -0.2) is 18.0 Å². The van der Waals surface area contributed by atoms with E-state index in [4.69, 9.17) is 5.73 Å². The van der Waals surface area contributed by atoms with Gasteiger partial charge in [-0.25, -0.2) is 0 Å². The topological polar surface area (TPSA) is 55.1 Å². The number of carbonyl (C=O) groups excluding carboxylic acids is 1. The molecule has 0 aliphatic rings. The quantitative estimate of drug-likeness (QED) is 0.804. The van der Waals surface area contributed by atoms with Crippen molar-refractivity contribution in [1.82, 2.24) is 5.32 Å². The molecule has 0 fully saturated rings. The molecule has 1 aromatic rings. The minimum absolute atomic E-state index is 0.0561. The van der Waals surface area contributed by atoms with Crippen molar-refractivity contribution in [3.63, 3.8) is 0 Å². The van der Waals surface area contributed by atoms with Crippen molar-refractivity contribution in [1.29, 1.82) is 0 Å². The number of nitrogens with two attached hydrogens (primary N) is 1. The van der Waals surface area contributed by atoms with Crippen LogP contribution in [-0.2, 0) is 11.2 Å². The Labute approximate surface area is 122 Å². The number of nitrogens with one attached hydrogen (secondary N) is 1. The van der Waals surface area contributed by atoms with Gasteiger partial charge in [0, 0.05) is 12.1 Å². The van der Waals surface area contributed by atoms with Gasteiger partial charge in [0.25, 0.3) is 0 Å². The lowest BCUT2D eigenvalue weighted by atomic mass is 9.85. The standard InChI is InChI=1S/C17H28N2O/c1-5-17(4,13-18)15(20)19-16(2,3)12-11-14-9-7-6-8-10-14/h6-10H,5,11-13,18H2,1-4H3,(H,19,20). The summed E-state index contributed by atoms with van der Waals surface area (Å²) < 4.78 is 0. The summed E-state index contributed by atoms with van der Waals surface area (Å²) in [5.74, 6) is 0.0561. The van der Waals surface area contributed by atoms with E-state index in [9.17, 15) is 4.79 Å². The highest BCUT2D eigenvalue weighted by Gasteiger charge is 2.33. The average Bonchev–Trinajstić information content (AvgIpc) is 2.45. The van der Waals surface area contributed by atoms with E-state index in [2.05, 4.69) is 31.3 Å². The normalized spacial score (nSPS) is 14.7. The maximum absolute atomic E-state index is 12.4. The second-order valence-electron chi connectivity index (χ2n) is 6.44. The number of carbonyl (C=O) groups is 1. The smallest absolute Gasteiger partial charge is 0.227 e. The molecule has 1 unspecified atom stereocenters. The van der Waals surface area contributed by atoms with Crippen LogP contribution >= 0.6 is 0 Å². The molecule has 112 valence electrons. The van der Waals surface area contributed by atoms with Crippen molar-refractivity contribution >= 4 is 5.91 Å². The first-order chi connectivity index (χ1) is 9.33. The number of amides is 1. The Kier molecular flexibility index (Phi) is 5.75. The van der Waals surface area contributed by atoms with Gasteiger partial charge in [-0.1, -0.05) is 37.3 Å². The van der Waals surface area contributed by atoms with Gasteiger partial charge in [0.1, 0.15) is 0 Å². The Morgan fingerprint density at radius 1 is 1.20 bits per heavy atom. The van der Waals surface area contributed by atoms with Gasteiger partial charge in [0.05, 0.1) is 5.41 Å². The Bertz CT molecular complexity index is 422. The van der Waals surface area contributed by atoms with Gasteiger partial charge in [-0.2, -0.15) is 0 Å². The fourth-order valence-electron chi connectivity index (χ4n) is 2.02. The molecule has 0 saturated heterocycles. The molecule has 0 saturated carbocycles. The van der Waals surface area contributed by atoms with Crippen molar-refractivity contribution in [2.24, 2.45) is 11.1 Å². The Morgan fingerprint density at radius 2 is 1.80 bits per heavy atom. The Hall–Kier alpha value is -1.35. The van der Waals surface area contributed by atoms with Gasteiger partial charge in [-0.3, -0.25) is 4.79 Å². The molecular formula is C17H28N2O. The van der Waals surface area contributed by atoms with E-state index in [-0.39, 0.29) is 11.4 Å². The van der Waals surface area contributed by atoms with Crippen molar-refractivity contribution in [3.8, 4) is 0 Å². The number of aryl methyl sites for hydroxylation is 1. The summed E-state index contributed by atoms with van der Waals surface area (Å²) in [6, 6.07) is 10.3. The van der Waals surface area contributed by atoms with E-state index in [1.165, 1.54) is 5.56 Å². The molecule has 0 bridgehead atoms.